The molecule has 27 heavy (non-hydrogen) atoms. The van der Waals surface area contributed by atoms with Gasteiger partial charge in [-0.15, -0.1) is 0 Å². The number of hydrogen-bond acceptors (Lipinski definition) is 3. The third kappa shape index (κ3) is 4.82. The highest BCUT2D eigenvalue weighted by atomic mass is 35.5. The number of nitrogens with one attached hydrogen (secondary N) is 1. The van der Waals surface area contributed by atoms with Crippen LogP contribution in [-0.2, 0) is 10.0 Å². The summed E-state index contributed by atoms with van der Waals surface area (Å²) in [5.41, 5.74) is 1.65. The molecule has 144 valence electrons. The molecule has 0 radical (unpaired) electrons. The van der Waals surface area contributed by atoms with Gasteiger partial charge in [-0.3, -0.25) is 9.52 Å². The number of carbonyl (C=O) groups is 1. The summed E-state index contributed by atoms with van der Waals surface area (Å²) in [6, 6.07) is 11.4. The SMILES string of the molecule is Cc1cccc(NS(=O)(=O)c2ccc(Cl)c(C(=O)N3CCCCCC3)c2)c1. The molecule has 0 unspecified atom stereocenters. The fourth-order valence-electron chi connectivity index (χ4n) is 3.20. The standard InChI is InChI=1S/C20H23ClN2O3S/c1-15-7-6-8-16(13-15)22-27(25,26)17-9-10-19(21)18(14-17)20(24)23-11-4-2-3-5-12-23/h6-10,13-14,22H,2-5,11-12H2,1H3. The number of rotatable bonds is 4. The van der Waals surface area contributed by atoms with E-state index in [9.17, 15) is 13.2 Å². The molecule has 1 amide bonds. The number of nitrogens with zero attached hydrogens (tertiary/aromatic N) is 1. The minimum absolute atomic E-state index is 0.0200. The van der Waals surface area contributed by atoms with Gasteiger partial charge in [0.2, 0.25) is 0 Å². The second-order valence-corrected chi connectivity index (χ2v) is 8.91. The first-order chi connectivity index (χ1) is 12.9. The lowest BCUT2D eigenvalue weighted by Crippen LogP contribution is -2.32. The van der Waals surface area contributed by atoms with Crippen molar-refractivity contribution in [2.45, 2.75) is 37.5 Å². The lowest BCUT2D eigenvalue weighted by atomic mass is 10.2. The van der Waals surface area contributed by atoms with Gasteiger partial charge in [0.1, 0.15) is 0 Å². The second kappa shape index (κ2) is 8.31. The second-order valence-electron chi connectivity index (χ2n) is 6.82. The third-order valence-corrected chi connectivity index (χ3v) is 6.35. The number of carbonyl (C=O) groups excluding carboxylic acids is 1. The van der Waals surface area contributed by atoms with E-state index in [2.05, 4.69) is 4.72 Å². The van der Waals surface area contributed by atoms with Crippen LogP contribution in [0.5, 0.6) is 0 Å². The van der Waals surface area contributed by atoms with Gasteiger partial charge in [0, 0.05) is 18.8 Å². The topological polar surface area (TPSA) is 66.5 Å². The van der Waals surface area contributed by atoms with Gasteiger partial charge in [-0.2, -0.15) is 0 Å². The Bertz CT molecular complexity index is 936. The third-order valence-electron chi connectivity index (χ3n) is 4.64. The van der Waals surface area contributed by atoms with Crippen LogP contribution in [0.25, 0.3) is 0 Å². The molecule has 1 aliphatic rings. The molecular formula is C20H23ClN2O3S. The van der Waals surface area contributed by atoms with E-state index in [-0.39, 0.29) is 21.4 Å². The zero-order chi connectivity index (χ0) is 19.4. The molecule has 0 aromatic heterocycles. The van der Waals surface area contributed by atoms with Gasteiger partial charge in [-0.25, -0.2) is 8.42 Å². The van der Waals surface area contributed by atoms with Crippen LogP contribution in [0, 0.1) is 6.92 Å². The molecule has 3 rings (SSSR count). The average Bonchev–Trinajstić information content (AvgIpc) is 2.90. The number of aryl methyl sites for hydroxylation is 1. The van der Waals surface area contributed by atoms with E-state index in [0.29, 0.717) is 18.8 Å². The lowest BCUT2D eigenvalue weighted by molar-refractivity contribution is 0.0761. The van der Waals surface area contributed by atoms with Crippen molar-refractivity contribution in [2.75, 3.05) is 17.8 Å². The van der Waals surface area contributed by atoms with Gasteiger partial charge in [0.25, 0.3) is 15.9 Å². The van der Waals surface area contributed by atoms with E-state index in [0.717, 1.165) is 31.2 Å². The molecule has 1 saturated heterocycles. The maximum atomic E-state index is 12.9. The number of halogens is 1. The lowest BCUT2D eigenvalue weighted by Gasteiger charge is -2.21. The van der Waals surface area contributed by atoms with E-state index < -0.39 is 10.0 Å². The van der Waals surface area contributed by atoms with Crippen molar-refractivity contribution in [3.8, 4) is 0 Å². The zero-order valence-corrected chi connectivity index (χ0v) is 16.8. The summed E-state index contributed by atoms with van der Waals surface area (Å²) in [4.78, 5) is 14.7. The molecule has 1 N–H and O–H groups in total. The Hall–Kier alpha value is -2.05. The van der Waals surface area contributed by atoms with Crippen LogP contribution in [0.1, 0.15) is 41.6 Å². The highest BCUT2D eigenvalue weighted by Crippen LogP contribution is 2.25. The van der Waals surface area contributed by atoms with Crippen LogP contribution in [-0.4, -0.2) is 32.3 Å². The largest absolute Gasteiger partial charge is 0.339 e. The highest BCUT2D eigenvalue weighted by molar-refractivity contribution is 7.92. The van der Waals surface area contributed by atoms with Gasteiger partial charge >= 0.3 is 0 Å². The molecule has 0 saturated carbocycles. The summed E-state index contributed by atoms with van der Waals surface area (Å²) >= 11 is 6.22. The quantitative estimate of drug-likeness (QED) is 0.814. The maximum Gasteiger partial charge on any atom is 0.261 e. The predicted molar refractivity (Wildman–Crippen MR) is 108 cm³/mol. The van der Waals surface area contributed by atoms with E-state index in [1.54, 1.807) is 23.1 Å². The Kier molecular flexibility index (Phi) is 6.07. The fourth-order valence-corrected chi connectivity index (χ4v) is 4.48. The van der Waals surface area contributed by atoms with Crippen molar-refractivity contribution in [3.63, 3.8) is 0 Å². The highest BCUT2D eigenvalue weighted by Gasteiger charge is 2.23. The summed E-state index contributed by atoms with van der Waals surface area (Å²) in [5.74, 6) is -0.213. The van der Waals surface area contributed by atoms with Crippen LogP contribution >= 0.6 is 11.6 Å². The van der Waals surface area contributed by atoms with E-state index in [4.69, 9.17) is 11.6 Å². The van der Waals surface area contributed by atoms with Crippen LogP contribution in [0.4, 0.5) is 5.69 Å². The van der Waals surface area contributed by atoms with E-state index in [1.807, 2.05) is 13.0 Å². The summed E-state index contributed by atoms with van der Waals surface area (Å²) in [5, 5.41) is 0.263. The molecule has 7 heteroatoms. The Morgan fingerprint density at radius 2 is 1.74 bits per heavy atom. The zero-order valence-electron chi connectivity index (χ0n) is 15.2. The van der Waals surface area contributed by atoms with Crippen LogP contribution in [0.15, 0.2) is 47.4 Å². The summed E-state index contributed by atoms with van der Waals surface area (Å²) in [7, 11) is -3.82. The monoisotopic (exact) mass is 406 g/mol. The van der Waals surface area contributed by atoms with Crippen molar-refractivity contribution in [1.82, 2.24) is 4.90 Å². The van der Waals surface area contributed by atoms with Crippen molar-refractivity contribution >= 4 is 33.2 Å². The molecule has 1 fully saturated rings. The summed E-state index contributed by atoms with van der Waals surface area (Å²) in [6.07, 6.45) is 4.12. The molecular weight excluding hydrogens is 384 g/mol. The number of hydrogen-bond donors (Lipinski definition) is 1. The van der Waals surface area contributed by atoms with Gasteiger partial charge in [0.05, 0.1) is 15.5 Å². The van der Waals surface area contributed by atoms with Gasteiger partial charge in [-0.05, 0) is 55.7 Å². The number of likely N-dealkylation sites (tertiary alicyclic amines) is 1. The van der Waals surface area contributed by atoms with Crippen LogP contribution in [0.3, 0.4) is 0 Å². The number of amides is 1. The molecule has 0 aliphatic carbocycles. The van der Waals surface area contributed by atoms with Crippen molar-refractivity contribution in [3.05, 3.63) is 58.6 Å². The molecule has 5 nitrogen and oxygen atoms in total. The normalized spacial score (nSPS) is 15.3. The van der Waals surface area contributed by atoms with Gasteiger partial charge in [0.15, 0.2) is 0 Å². The first-order valence-corrected chi connectivity index (χ1v) is 10.9. The Balaban J connectivity index is 1.88. The molecule has 1 heterocycles. The first kappa shape index (κ1) is 19.7. The molecule has 2 aromatic rings. The van der Waals surface area contributed by atoms with E-state index in [1.165, 1.54) is 18.2 Å². The van der Waals surface area contributed by atoms with Crippen LogP contribution < -0.4 is 4.72 Å². The number of sulfonamides is 1. The molecule has 0 spiro atoms. The van der Waals surface area contributed by atoms with Crippen molar-refractivity contribution in [1.29, 1.82) is 0 Å². The molecule has 0 atom stereocenters. The van der Waals surface area contributed by atoms with Gasteiger partial charge in [-0.1, -0.05) is 36.6 Å². The Morgan fingerprint density at radius 1 is 1.04 bits per heavy atom. The fraction of sp³-hybridized carbons (Fsp3) is 0.350. The molecule has 0 bridgehead atoms. The average molecular weight is 407 g/mol. The first-order valence-electron chi connectivity index (χ1n) is 9.05. The number of anilines is 1. The minimum Gasteiger partial charge on any atom is -0.339 e. The smallest absolute Gasteiger partial charge is 0.261 e. The number of benzene rings is 2. The Morgan fingerprint density at radius 3 is 2.41 bits per heavy atom. The molecule has 1 aliphatic heterocycles. The maximum absolute atomic E-state index is 12.9. The summed E-state index contributed by atoms with van der Waals surface area (Å²) < 4.78 is 28.1. The van der Waals surface area contributed by atoms with Crippen LogP contribution in [0.2, 0.25) is 5.02 Å². The predicted octanol–water partition coefficient (Wildman–Crippen LogP) is 4.47. The Labute approximate surface area is 165 Å². The van der Waals surface area contributed by atoms with Gasteiger partial charge < -0.3 is 4.90 Å². The van der Waals surface area contributed by atoms with Crippen molar-refractivity contribution in [2.24, 2.45) is 0 Å². The van der Waals surface area contributed by atoms with Crippen molar-refractivity contribution < 1.29 is 13.2 Å². The summed E-state index contributed by atoms with van der Waals surface area (Å²) in [6.45, 7) is 3.24. The minimum atomic E-state index is -3.82. The molecule has 2 aromatic carbocycles. The van der Waals surface area contributed by atoms with E-state index >= 15 is 0 Å².